The highest BCUT2D eigenvalue weighted by atomic mass is 16.5. The first-order valence-electron chi connectivity index (χ1n) is 6.65. The molecule has 3 atom stereocenters. The summed E-state index contributed by atoms with van der Waals surface area (Å²) in [4.78, 5) is 0. The zero-order valence-electron chi connectivity index (χ0n) is 10.5. The Morgan fingerprint density at radius 2 is 2.31 bits per heavy atom. The Hall–Kier alpha value is -0.720. The fraction of sp³-hybridized carbons (Fsp3) is 0.733. The van der Waals surface area contributed by atoms with Crippen molar-refractivity contribution in [3.05, 3.63) is 23.5 Å². The van der Waals surface area contributed by atoms with Crippen LogP contribution in [0.2, 0.25) is 0 Å². The van der Waals surface area contributed by atoms with Gasteiger partial charge in [0.05, 0.1) is 13.4 Å². The van der Waals surface area contributed by atoms with Gasteiger partial charge in [-0.2, -0.15) is 0 Å². The van der Waals surface area contributed by atoms with Crippen molar-refractivity contribution in [1.82, 2.24) is 0 Å². The second-order valence-corrected chi connectivity index (χ2v) is 5.98. The maximum absolute atomic E-state index is 5.28. The number of hydrogen-bond acceptors (Lipinski definition) is 1. The van der Waals surface area contributed by atoms with Crippen molar-refractivity contribution in [2.24, 2.45) is 17.3 Å². The molecule has 1 nitrogen and oxygen atoms in total. The second kappa shape index (κ2) is 3.65. The molecule has 0 N–H and O–H groups in total. The second-order valence-electron chi connectivity index (χ2n) is 5.98. The SMILES string of the molecule is COC=C1CCCC2=CCC[C@]3(C)[C@H]1[C@@H]3C2. The summed E-state index contributed by atoms with van der Waals surface area (Å²) in [5.41, 5.74) is 3.93. The summed E-state index contributed by atoms with van der Waals surface area (Å²) >= 11 is 0. The summed E-state index contributed by atoms with van der Waals surface area (Å²) in [5.74, 6) is 1.75. The van der Waals surface area contributed by atoms with Gasteiger partial charge in [0.15, 0.2) is 0 Å². The Morgan fingerprint density at radius 3 is 3.12 bits per heavy atom. The quantitative estimate of drug-likeness (QED) is 0.476. The van der Waals surface area contributed by atoms with Gasteiger partial charge in [-0.15, -0.1) is 0 Å². The highest BCUT2D eigenvalue weighted by Crippen LogP contribution is 2.69. The maximum atomic E-state index is 5.28. The Bertz CT molecular complexity index is 352. The summed E-state index contributed by atoms with van der Waals surface area (Å²) in [7, 11) is 1.79. The standard InChI is InChI=1S/C15H22O/c1-15-8-4-6-11-5-3-7-12(10-16-2)14(15)13(15)9-11/h6,10,13-14H,3-5,7-9H2,1-2H3/t13-,14+,15-/m0/s1. The lowest BCUT2D eigenvalue weighted by molar-refractivity contribution is 0.326. The van der Waals surface area contributed by atoms with Crippen molar-refractivity contribution < 1.29 is 4.74 Å². The van der Waals surface area contributed by atoms with Gasteiger partial charge in [0.2, 0.25) is 0 Å². The van der Waals surface area contributed by atoms with Gasteiger partial charge in [-0.05, 0) is 61.3 Å². The molecule has 0 heterocycles. The van der Waals surface area contributed by atoms with Crippen LogP contribution in [0.25, 0.3) is 0 Å². The lowest BCUT2D eigenvalue weighted by Crippen LogP contribution is -2.02. The average Bonchev–Trinajstić information content (AvgIpc) is 2.82. The van der Waals surface area contributed by atoms with Crippen molar-refractivity contribution in [3.8, 4) is 0 Å². The molecule has 2 fully saturated rings. The van der Waals surface area contributed by atoms with Gasteiger partial charge < -0.3 is 4.74 Å². The molecule has 16 heavy (non-hydrogen) atoms. The van der Waals surface area contributed by atoms with Crippen molar-refractivity contribution in [2.75, 3.05) is 7.11 Å². The largest absolute Gasteiger partial charge is 0.504 e. The maximum Gasteiger partial charge on any atom is 0.0819 e. The van der Waals surface area contributed by atoms with E-state index in [1.165, 1.54) is 38.5 Å². The molecule has 0 aromatic heterocycles. The van der Waals surface area contributed by atoms with Crippen LogP contribution in [-0.2, 0) is 4.74 Å². The van der Waals surface area contributed by atoms with Crippen molar-refractivity contribution in [1.29, 1.82) is 0 Å². The third-order valence-electron chi connectivity index (χ3n) is 5.08. The lowest BCUT2D eigenvalue weighted by Gasteiger charge is -2.15. The van der Waals surface area contributed by atoms with Crippen LogP contribution >= 0.6 is 0 Å². The molecule has 3 aliphatic rings. The highest BCUT2D eigenvalue weighted by molar-refractivity contribution is 5.29. The van der Waals surface area contributed by atoms with Gasteiger partial charge in [0.25, 0.3) is 0 Å². The first kappa shape index (κ1) is 10.4. The monoisotopic (exact) mass is 218 g/mol. The first-order valence-corrected chi connectivity index (χ1v) is 6.65. The minimum atomic E-state index is 0.590. The molecule has 0 aliphatic heterocycles. The zero-order chi connectivity index (χ0) is 11.2. The number of allylic oxidation sites excluding steroid dienone is 3. The van der Waals surface area contributed by atoms with Gasteiger partial charge in [-0.25, -0.2) is 0 Å². The minimum Gasteiger partial charge on any atom is -0.504 e. The molecule has 1 heteroatoms. The smallest absolute Gasteiger partial charge is 0.0819 e. The molecule has 88 valence electrons. The van der Waals surface area contributed by atoms with E-state index in [4.69, 9.17) is 4.74 Å². The lowest BCUT2D eigenvalue weighted by atomic mass is 9.91. The van der Waals surface area contributed by atoms with Gasteiger partial charge in [0, 0.05) is 0 Å². The number of rotatable bonds is 1. The minimum absolute atomic E-state index is 0.590. The fourth-order valence-corrected chi connectivity index (χ4v) is 4.15. The van der Waals surface area contributed by atoms with Crippen molar-refractivity contribution >= 4 is 0 Å². The van der Waals surface area contributed by atoms with Crippen LogP contribution in [0.4, 0.5) is 0 Å². The molecule has 3 rings (SSSR count). The molecule has 3 aliphatic carbocycles. The van der Waals surface area contributed by atoms with E-state index in [-0.39, 0.29) is 0 Å². The van der Waals surface area contributed by atoms with Crippen LogP contribution in [0.1, 0.15) is 45.4 Å². The average molecular weight is 218 g/mol. The predicted octanol–water partition coefficient (Wildman–Crippen LogP) is 4.06. The van der Waals surface area contributed by atoms with E-state index < -0.39 is 0 Å². The molecule has 2 saturated carbocycles. The highest BCUT2D eigenvalue weighted by Gasteiger charge is 2.61. The summed E-state index contributed by atoms with van der Waals surface area (Å²) < 4.78 is 5.28. The Kier molecular flexibility index (Phi) is 2.38. The molecule has 0 spiro atoms. The first-order chi connectivity index (χ1) is 7.75. The Morgan fingerprint density at radius 1 is 1.44 bits per heavy atom. The van der Waals surface area contributed by atoms with Crippen LogP contribution in [0.5, 0.6) is 0 Å². The van der Waals surface area contributed by atoms with E-state index in [2.05, 4.69) is 13.0 Å². The van der Waals surface area contributed by atoms with Crippen LogP contribution in [0, 0.1) is 17.3 Å². The van der Waals surface area contributed by atoms with Crippen LogP contribution in [0.15, 0.2) is 23.5 Å². The molecule has 0 radical (unpaired) electrons. The number of hydrogen-bond donors (Lipinski definition) is 0. The van der Waals surface area contributed by atoms with E-state index >= 15 is 0 Å². The normalized spacial score (nSPS) is 44.1. The van der Waals surface area contributed by atoms with Crippen molar-refractivity contribution in [3.63, 3.8) is 0 Å². The van der Waals surface area contributed by atoms with E-state index in [1.54, 1.807) is 18.3 Å². The number of methoxy groups -OCH3 is 1. The Balaban J connectivity index is 1.91. The van der Waals surface area contributed by atoms with Crippen LogP contribution in [-0.4, -0.2) is 7.11 Å². The molecule has 0 unspecified atom stereocenters. The van der Waals surface area contributed by atoms with Gasteiger partial charge >= 0.3 is 0 Å². The molecule has 2 bridgehead atoms. The van der Waals surface area contributed by atoms with Crippen LogP contribution < -0.4 is 0 Å². The Labute approximate surface area is 98.6 Å². The summed E-state index contributed by atoms with van der Waals surface area (Å²) in [6, 6.07) is 0. The van der Waals surface area contributed by atoms with Crippen molar-refractivity contribution in [2.45, 2.75) is 45.4 Å². The molecular formula is C15H22O. The summed E-state index contributed by atoms with van der Waals surface area (Å²) in [6.07, 6.45) is 12.5. The predicted molar refractivity (Wildman–Crippen MR) is 66.0 cm³/mol. The molecule has 0 aromatic rings. The topological polar surface area (TPSA) is 9.23 Å². The molecule has 0 saturated heterocycles. The van der Waals surface area contributed by atoms with E-state index in [0.717, 1.165) is 11.8 Å². The molecular weight excluding hydrogens is 196 g/mol. The van der Waals surface area contributed by atoms with E-state index in [0.29, 0.717) is 5.41 Å². The molecule has 0 amide bonds. The van der Waals surface area contributed by atoms with E-state index in [1.807, 2.05) is 6.26 Å². The van der Waals surface area contributed by atoms with Gasteiger partial charge in [0.1, 0.15) is 0 Å². The third-order valence-corrected chi connectivity index (χ3v) is 5.08. The summed E-state index contributed by atoms with van der Waals surface area (Å²) in [6.45, 7) is 2.49. The zero-order valence-corrected chi connectivity index (χ0v) is 10.5. The fourth-order valence-electron chi connectivity index (χ4n) is 4.15. The third kappa shape index (κ3) is 1.44. The van der Waals surface area contributed by atoms with E-state index in [9.17, 15) is 0 Å². The van der Waals surface area contributed by atoms with Crippen LogP contribution in [0.3, 0.4) is 0 Å². The summed E-state index contributed by atoms with van der Waals surface area (Å²) in [5, 5.41) is 0. The van der Waals surface area contributed by atoms with Gasteiger partial charge in [-0.1, -0.05) is 18.6 Å². The number of ether oxygens (including phenoxy) is 1. The molecule has 0 aromatic carbocycles. The number of fused-ring (bicyclic) bond motifs is 2. The van der Waals surface area contributed by atoms with Gasteiger partial charge in [-0.3, -0.25) is 0 Å².